The van der Waals surface area contributed by atoms with Gasteiger partial charge in [-0.1, -0.05) is 19.4 Å². The van der Waals surface area contributed by atoms with Crippen LogP contribution in [0.15, 0.2) is 12.7 Å². The molecular formula is C8H14F2. The first-order valence-corrected chi connectivity index (χ1v) is 3.61. The summed E-state index contributed by atoms with van der Waals surface area (Å²) in [5, 5.41) is 0. The molecule has 0 saturated heterocycles. The molecule has 10 heavy (non-hydrogen) atoms. The number of hydrogen-bond donors (Lipinski definition) is 0. The molecule has 0 atom stereocenters. The number of unbranched alkanes of at least 4 members (excludes halogenated alkanes) is 1. The zero-order valence-corrected chi connectivity index (χ0v) is 6.37. The molecule has 0 spiro atoms. The van der Waals surface area contributed by atoms with Crippen molar-refractivity contribution in [2.45, 2.75) is 38.5 Å². The van der Waals surface area contributed by atoms with Crippen molar-refractivity contribution < 1.29 is 8.78 Å². The summed E-state index contributed by atoms with van der Waals surface area (Å²) in [5.41, 5.74) is 0. The Morgan fingerprint density at radius 2 is 2.10 bits per heavy atom. The molecular weight excluding hydrogens is 134 g/mol. The topological polar surface area (TPSA) is 0 Å². The number of allylic oxidation sites excluding steroid dienone is 1. The molecule has 0 radical (unpaired) electrons. The molecule has 0 aliphatic rings. The standard InChI is InChI=1S/C8H14F2/c1-3-5-7-8(9,10)6-4-2/h4H,2-3,5-7H2,1H3. The lowest BCUT2D eigenvalue weighted by molar-refractivity contribution is -0.00631. The van der Waals surface area contributed by atoms with Crippen molar-refractivity contribution in [1.82, 2.24) is 0 Å². The largest absolute Gasteiger partial charge is 0.251 e. The molecule has 0 aliphatic carbocycles. The molecule has 0 aromatic rings. The van der Waals surface area contributed by atoms with Gasteiger partial charge in [0, 0.05) is 12.8 Å². The normalized spacial score (nSPS) is 11.5. The van der Waals surface area contributed by atoms with Gasteiger partial charge in [0.05, 0.1) is 0 Å². The summed E-state index contributed by atoms with van der Waals surface area (Å²) in [6.07, 6.45) is 2.51. The summed E-state index contributed by atoms with van der Waals surface area (Å²) in [6, 6.07) is 0. The Labute approximate surface area is 60.9 Å². The highest BCUT2D eigenvalue weighted by Gasteiger charge is 2.25. The highest BCUT2D eigenvalue weighted by Crippen LogP contribution is 2.25. The third kappa shape index (κ3) is 4.48. The van der Waals surface area contributed by atoms with E-state index in [4.69, 9.17) is 0 Å². The SMILES string of the molecule is C=CCC(F)(F)CCCC. The molecule has 0 saturated carbocycles. The third-order valence-corrected chi connectivity index (χ3v) is 1.34. The van der Waals surface area contributed by atoms with Gasteiger partial charge in [0.1, 0.15) is 0 Å². The predicted octanol–water partition coefficient (Wildman–Crippen LogP) is 3.39. The van der Waals surface area contributed by atoms with Crippen LogP contribution in [-0.2, 0) is 0 Å². The van der Waals surface area contributed by atoms with Gasteiger partial charge in [-0.3, -0.25) is 0 Å². The summed E-state index contributed by atoms with van der Waals surface area (Å²) in [5.74, 6) is -2.52. The molecule has 60 valence electrons. The van der Waals surface area contributed by atoms with Crippen LogP contribution >= 0.6 is 0 Å². The van der Waals surface area contributed by atoms with Gasteiger partial charge in [-0.25, -0.2) is 8.78 Å². The lowest BCUT2D eigenvalue weighted by Crippen LogP contribution is -2.13. The van der Waals surface area contributed by atoms with Crippen LogP contribution in [0.3, 0.4) is 0 Å². The van der Waals surface area contributed by atoms with Crippen LogP contribution in [0, 0.1) is 0 Å². The minimum atomic E-state index is -2.52. The lowest BCUT2D eigenvalue weighted by Gasteiger charge is -2.12. The van der Waals surface area contributed by atoms with E-state index in [1.165, 1.54) is 6.08 Å². The quantitative estimate of drug-likeness (QED) is 0.524. The van der Waals surface area contributed by atoms with E-state index in [0.29, 0.717) is 6.42 Å². The van der Waals surface area contributed by atoms with Crippen LogP contribution in [-0.4, -0.2) is 5.92 Å². The molecule has 0 heterocycles. The number of alkyl halides is 2. The zero-order valence-electron chi connectivity index (χ0n) is 6.37. The fourth-order valence-corrected chi connectivity index (χ4v) is 0.749. The van der Waals surface area contributed by atoms with E-state index >= 15 is 0 Å². The van der Waals surface area contributed by atoms with E-state index in [1.54, 1.807) is 0 Å². The van der Waals surface area contributed by atoms with Crippen molar-refractivity contribution in [3.05, 3.63) is 12.7 Å². The Hall–Kier alpha value is -0.400. The molecule has 0 nitrogen and oxygen atoms in total. The molecule has 0 bridgehead atoms. The van der Waals surface area contributed by atoms with Crippen LogP contribution in [0.2, 0.25) is 0 Å². The fourth-order valence-electron chi connectivity index (χ4n) is 0.749. The summed E-state index contributed by atoms with van der Waals surface area (Å²) in [4.78, 5) is 0. The molecule has 0 aliphatic heterocycles. The summed E-state index contributed by atoms with van der Waals surface area (Å²) in [6.45, 7) is 5.18. The van der Waals surface area contributed by atoms with Gasteiger partial charge in [-0.2, -0.15) is 0 Å². The summed E-state index contributed by atoms with van der Waals surface area (Å²) in [7, 11) is 0. The van der Waals surface area contributed by atoms with Crippen LogP contribution in [0.4, 0.5) is 8.78 Å². The molecule has 0 rings (SSSR count). The second-order valence-electron chi connectivity index (χ2n) is 2.45. The minimum Gasteiger partial charge on any atom is -0.207 e. The van der Waals surface area contributed by atoms with Crippen LogP contribution in [0.1, 0.15) is 32.6 Å². The molecule has 0 aromatic carbocycles. The highest BCUT2D eigenvalue weighted by molar-refractivity contribution is 4.78. The molecule has 0 N–H and O–H groups in total. The van der Waals surface area contributed by atoms with Crippen molar-refractivity contribution in [3.8, 4) is 0 Å². The Morgan fingerprint density at radius 3 is 2.50 bits per heavy atom. The highest BCUT2D eigenvalue weighted by atomic mass is 19.3. The van der Waals surface area contributed by atoms with Gasteiger partial charge >= 0.3 is 0 Å². The van der Waals surface area contributed by atoms with Gasteiger partial charge < -0.3 is 0 Å². The molecule has 2 heteroatoms. The average Bonchev–Trinajstić information content (AvgIpc) is 1.84. The second kappa shape index (κ2) is 4.42. The maximum Gasteiger partial charge on any atom is 0.251 e. The van der Waals surface area contributed by atoms with E-state index in [0.717, 1.165) is 6.42 Å². The number of halogens is 2. The summed E-state index contributed by atoms with van der Waals surface area (Å²) >= 11 is 0. The van der Waals surface area contributed by atoms with Gasteiger partial charge in [0.25, 0.3) is 5.92 Å². The van der Waals surface area contributed by atoms with Crippen molar-refractivity contribution in [1.29, 1.82) is 0 Å². The third-order valence-electron chi connectivity index (χ3n) is 1.34. The van der Waals surface area contributed by atoms with E-state index in [9.17, 15) is 8.78 Å². The predicted molar refractivity (Wildman–Crippen MR) is 39.3 cm³/mol. The Bertz CT molecular complexity index is 97.4. The first-order chi connectivity index (χ1) is 4.62. The monoisotopic (exact) mass is 148 g/mol. The smallest absolute Gasteiger partial charge is 0.207 e. The molecule has 0 amide bonds. The van der Waals surface area contributed by atoms with Crippen molar-refractivity contribution >= 4 is 0 Å². The Morgan fingerprint density at radius 1 is 1.50 bits per heavy atom. The average molecular weight is 148 g/mol. The lowest BCUT2D eigenvalue weighted by atomic mass is 10.1. The van der Waals surface area contributed by atoms with E-state index < -0.39 is 5.92 Å². The van der Waals surface area contributed by atoms with Gasteiger partial charge in [-0.05, 0) is 6.42 Å². The van der Waals surface area contributed by atoms with Crippen LogP contribution in [0.25, 0.3) is 0 Å². The Balaban J connectivity index is 3.51. The van der Waals surface area contributed by atoms with Crippen molar-refractivity contribution in [3.63, 3.8) is 0 Å². The van der Waals surface area contributed by atoms with Crippen LogP contribution < -0.4 is 0 Å². The molecule has 0 unspecified atom stereocenters. The number of hydrogen-bond acceptors (Lipinski definition) is 0. The second-order valence-corrected chi connectivity index (χ2v) is 2.45. The first kappa shape index (κ1) is 9.60. The van der Waals surface area contributed by atoms with Crippen LogP contribution in [0.5, 0.6) is 0 Å². The van der Waals surface area contributed by atoms with E-state index in [2.05, 4.69) is 6.58 Å². The fraction of sp³-hybridized carbons (Fsp3) is 0.750. The van der Waals surface area contributed by atoms with Crippen molar-refractivity contribution in [2.24, 2.45) is 0 Å². The number of rotatable bonds is 5. The molecule has 0 fully saturated rings. The molecule has 0 aromatic heterocycles. The van der Waals surface area contributed by atoms with Gasteiger partial charge in [0.2, 0.25) is 0 Å². The first-order valence-electron chi connectivity index (χ1n) is 3.61. The van der Waals surface area contributed by atoms with Gasteiger partial charge in [0.15, 0.2) is 0 Å². The van der Waals surface area contributed by atoms with E-state index in [1.807, 2.05) is 6.92 Å². The maximum absolute atomic E-state index is 12.5. The minimum absolute atomic E-state index is 0.00444. The summed E-state index contributed by atoms with van der Waals surface area (Å²) < 4.78 is 25.1. The van der Waals surface area contributed by atoms with Gasteiger partial charge in [-0.15, -0.1) is 6.58 Å². The Kier molecular flexibility index (Phi) is 4.24. The van der Waals surface area contributed by atoms with E-state index in [-0.39, 0.29) is 12.8 Å². The maximum atomic E-state index is 12.5. The van der Waals surface area contributed by atoms with Crippen molar-refractivity contribution in [2.75, 3.05) is 0 Å². The zero-order chi connectivity index (χ0) is 8.04.